The number of hydrogen-bond acceptors (Lipinski definition) is 7. The molecule has 1 aromatic rings. The summed E-state index contributed by atoms with van der Waals surface area (Å²) in [6.45, 7) is 9.96. The van der Waals surface area contributed by atoms with Crippen molar-refractivity contribution in [2.75, 3.05) is 19.8 Å². The number of ether oxygens (including phenoxy) is 3. The van der Waals surface area contributed by atoms with Gasteiger partial charge in [-0.25, -0.2) is 9.79 Å². The second-order valence-corrected chi connectivity index (χ2v) is 7.38. The molecule has 1 amide bonds. The second-order valence-electron chi connectivity index (χ2n) is 6.35. The van der Waals surface area contributed by atoms with Gasteiger partial charge in [0.1, 0.15) is 23.0 Å². The third-order valence-electron chi connectivity index (χ3n) is 3.98. The van der Waals surface area contributed by atoms with E-state index in [1.54, 1.807) is 37.3 Å². The van der Waals surface area contributed by atoms with E-state index in [-0.39, 0.29) is 35.3 Å². The Morgan fingerprint density at radius 1 is 1.16 bits per heavy atom. The summed E-state index contributed by atoms with van der Waals surface area (Å²) in [7, 11) is 0. The molecular weight excluding hydrogens is 418 g/mol. The molecule has 7 nitrogen and oxygen atoms in total. The van der Waals surface area contributed by atoms with E-state index in [4.69, 9.17) is 14.2 Å². The van der Waals surface area contributed by atoms with Gasteiger partial charge in [0.2, 0.25) is 5.91 Å². The maximum absolute atomic E-state index is 12.4. The highest BCUT2D eigenvalue weighted by atomic mass is 32.2. The number of aliphatic hydroxyl groups is 1. The minimum Gasteiger partial charge on any atom is -0.506 e. The lowest BCUT2D eigenvalue weighted by Gasteiger charge is -2.11. The summed E-state index contributed by atoms with van der Waals surface area (Å²) >= 11 is 1.05. The second kappa shape index (κ2) is 12.0. The quantitative estimate of drug-likeness (QED) is 0.407. The van der Waals surface area contributed by atoms with Crippen LogP contribution in [0.15, 0.2) is 52.1 Å². The molecule has 0 saturated heterocycles. The molecular formula is C23H27NO6S. The van der Waals surface area contributed by atoms with Crippen molar-refractivity contribution in [3.05, 3.63) is 52.7 Å². The Kier molecular flexibility index (Phi) is 9.40. The first-order chi connectivity index (χ1) is 14.9. The minimum atomic E-state index is -0.720. The number of nitrogens with zero attached hydrogens (tertiary/aromatic N) is 1. The van der Waals surface area contributed by atoms with Crippen LogP contribution in [-0.2, 0) is 14.3 Å². The number of hydrogen-bond donors (Lipinski definition) is 1. The average molecular weight is 446 g/mol. The van der Waals surface area contributed by atoms with Crippen molar-refractivity contribution < 1.29 is 28.9 Å². The molecule has 1 aromatic carbocycles. The van der Waals surface area contributed by atoms with Crippen LogP contribution in [0.3, 0.4) is 0 Å². The van der Waals surface area contributed by atoms with Crippen LogP contribution in [0.1, 0.15) is 39.2 Å². The van der Waals surface area contributed by atoms with Crippen molar-refractivity contribution in [2.45, 2.75) is 33.6 Å². The lowest BCUT2D eigenvalue weighted by atomic mass is 10.1. The van der Waals surface area contributed by atoms with Gasteiger partial charge in [0.25, 0.3) is 0 Å². The van der Waals surface area contributed by atoms with Crippen molar-refractivity contribution in [3.8, 4) is 11.5 Å². The summed E-state index contributed by atoms with van der Waals surface area (Å²) in [5, 5.41) is 10.8. The number of amides is 1. The fourth-order valence-corrected chi connectivity index (χ4v) is 3.71. The number of thioether (sulfide) groups is 1. The van der Waals surface area contributed by atoms with Crippen molar-refractivity contribution in [3.63, 3.8) is 0 Å². The smallest absolute Gasteiger partial charge is 0.344 e. The minimum absolute atomic E-state index is 0.0986. The molecule has 0 unspecified atom stereocenters. The van der Waals surface area contributed by atoms with Gasteiger partial charge >= 0.3 is 5.97 Å². The number of aliphatic hydroxyl groups excluding tert-OH is 1. The Hall–Kier alpha value is -3.00. The van der Waals surface area contributed by atoms with Crippen LogP contribution < -0.4 is 9.47 Å². The summed E-state index contributed by atoms with van der Waals surface area (Å²) in [5.41, 5.74) is 0.617. The molecule has 31 heavy (non-hydrogen) atoms. The number of rotatable bonds is 10. The molecule has 1 aliphatic heterocycles. The number of carbonyl (C=O) groups excluding carboxylic acids is 2. The molecule has 0 aromatic heterocycles. The molecule has 1 aliphatic rings. The van der Waals surface area contributed by atoms with Gasteiger partial charge in [-0.2, -0.15) is 0 Å². The largest absolute Gasteiger partial charge is 0.506 e. The van der Waals surface area contributed by atoms with E-state index in [1.807, 2.05) is 13.8 Å². The molecule has 0 radical (unpaired) electrons. The number of aliphatic imine (C=N–C) groups is 1. The summed E-state index contributed by atoms with van der Waals surface area (Å²) < 4.78 is 16.3. The molecule has 0 spiro atoms. The molecule has 0 atom stereocenters. The first-order valence-electron chi connectivity index (χ1n) is 10.1. The van der Waals surface area contributed by atoms with Crippen molar-refractivity contribution in [1.82, 2.24) is 0 Å². The summed E-state index contributed by atoms with van der Waals surface area (Å²) in [6.07, 6.45) is 4.21. The topological polar surface area (TPSA) is 94.4 Å². The van der Waals surface area contributed by atoms with Crippen LogP contribution >= 0.6 is 11.8 Å². The van der Waals surface area contributed by atoms with E-state index >= 15 is 0 Å². The third kappa shape index (κ3) is 6.49. The zero-order valence-corrected chi connectivity index (χ0v) is 18.8. The van der Waals surface area contributed by atoms with Gasteiger partial charge in [0.05, 0.1) is 18.1 Å². The van der Waals surface area contributed by atoms with Crippen LogP contribution in [0.5, 0.6) is 11.5 Å². The summed E-state index contributed by atoms with van der Waals surface area (Å²) in [6, 6.07) is 5.32. The lowest BCUT2D eigenvalue weighted by Crippen LogP contribution is -2.14. The van der Waals surface area contributed by atoms with Crippen LogP contribution in [0, 0.1) is 0 Å². The van der Waals surface area contributed by atoms with Gasteiger partial charge in [-0.15, -0.1) is 0 Å². The molecule has 0 aliphatic carbocycles. The molecule has 166 valence electrons. The van der Waals surface area contributed by atoms with Gasteiger partial charge in [0, 0.05) is 6.42 Å². The highest BCUT2D eigenvalue weighted by molar-refractivity contribution is 8.18. The Morgan fingerprint density at radius 3 is 2.58 bits per heavy atom. The van der Waals surface area contributed by atoms with Gasteiger partial charge in [0.15, 0.2) is 11.5 Å². The van der Waals surface area contributed by atoms with Crippen molar-refractivity contribution in [1.29, 1.82) is 0 Å². The highest BCUT2D eigenvalue weighted by Crippen LogP contribution is 2.40. The van der Waals surface area contributed by atoms with E-state index in [2.05, 4.69) is 11.6 Å². The Balaban J connectivity index is 2.44. The fourth-order valence-electron chi connectivity index (χ4n) is 2.68. The monoisotopic (exact) mass is 445 g/mol. The highest BCUT2D eigenvalue weighted by Gasteiger charge is 2.33. The zero-order chi connectivity index (χ0) is 22.8. The average Bonchev–Trinajstić information content (AvgIpc) is 3.02. The van der Waals surface area contributed by atoms with Crippen molar-refractivity contribution >= 4 is 34.8 Å². The van der Waals surface area contributed by atoms with E-state index < -0.39 is 5.97 Å². The Labute approximate surface area is 186 Å². The van der Waals surface area contributed by atoms with Crippen molar-refractivity contribution in [2.24, 2.45) is 4.99 Å². The molecule has 2 rings (SSSR count). The molecule has 8 heteroatoms. The molecule has 0 fully saturated rings. The predicted octanol–water partition coefficient (Wildman–Crippen LogP) is 4.84. The zero-order valence-electron chi connectivity index (χ0n) is 18.0. The van der Waals surface area contributed by atoms with Crippen LogP contribution in [0.4, 0.5) is 0 Å². The maximum atomic E-state index is 12.4. The van der Waals surface area contributed by atoms with E-state index in [1.165, 1.54) is 0 Å². The first kappa shape index (κ1) is 24.3. The van der Waals surface area contributed by atoms with Gasteiger partial charge in [-0.05, 0) is 44.0 Å². The fraction of sp³-hybridized carbons (Fsp3) is 0.348. The molecule has 0 saturated carbocycles. The summed E-state index contributed by atoms with van der Waals surface area (Å²) in [5.74, 6) is -0.230. The first-order valence-corrected chi connectivity index (χ1v) is 10.9. The standard InChI is InChI=1S/C23H27NO6S/c1-5-9-19(25)24-22-20(23(27)29-8-4)21(26)18(31-22)14-15-10-11-16(30-12-6-2)17(13-15)28-7-3/h6,10-11,13-14,26H,2,5,7-9,12H2,1,3-4H3/b18-14-,24-22?. The van der Waals surface area contributed by atoms with Crippen LogP contribution in [0.25, 0.3) is 6.08 Å². The van der Waals surface area contributed by atoms with E-state index in [9.17, 15) is 14.7 Å². The molecule has 0 bridgehead atoms. The number of benzene rings is 1. The third-order valence-corrected chi connectivity index (χ3v) is 5.00. The van der Waals surface area contributed by atoms with E-state index in [0.29, 0.717) is 41.6 Å². The normalized spacial score (nSPS) is 16.0. The predicted molar refractivity (Wildman–Crippen MR) is 123 cm³/mol. The maximum Gasteiger partial charge on any atom is 0.344 e. The van der Waals surface area contributed by atoms with Gasteiger partial charge in [-0.3, -0.25) is 4.79 Å². The number of esters is 1. The summed E-state index contributed by atoms with van der Waals surface area (Å²) in [4.78, 5) is 28.8. The van der Waals surface area contributed by atoms with Gasteiger partial charge < -0.3 is 19.3 Å². The van der Waals surface area contributed by atoms with Gasteiger partial charge in [-0.1, -0.05) is 37.4 Å². The van der Waals surface area contributed by atoms with E-state index in [0.717, 1.165) is 11.8 Å². The molecule has 1 N–H and O–H groups in total. The Bertz CT molecular complexity index is 932. The Morgan fingerprint density at radius 2 is 1.94 bits per heavy atom. The number of carbonyl (C=O) groups is 2. The SMILES string of the molecule is C=CCOc1ccc(/C=C2\SC(=NC(=O)CCC)C(C(=O)OCC)=C2O)cc1OCC. The van der Waals surface area contributed by atoms with Crippen LogP contribution in [-0.4, -0.2) is 41.8 Å². The lowest BCUT2D eigenvalue weighted by molar-refractivity contribution is -0.138. The van der Waals surface area contributed by atoms with Crippen LogP contribution in [0.2, 0.25) is 0 Å². The molecule has 1 heterocycles.